The zero-order chi connectivity index (χ0) is 30.4. The first-order valence-corrected chi connectivity index (χ1v) is 15.5. The van der Waals surface area contributed by atoms with Gasteiger partial charge < -0.3 is 19.2 Å². The Morgan fingerprint density at radius 3 is 2.70 bits per heavy atom. The van der Waals surface area contributed by atoms with Crippen LogP contribution in [0.15, 0.2) is 52.9 Å². The van der Waals surface area contributed by atoms with Crippen LogP contribution >= 0.6 is 0 Å². The van der Waals surface area contributed by atoms with E-state index >= 15 is 0 Å². The standard InChI is InChI=1S/C35H36N4O5/c1-21-27-11-12-30-33(21)36-37-39(30)14-5-3-4-6-16-43-26-9-10-28-22(2)34(44-31(28)18-26)35(42)38-15-13-23-7-8-24(17-25(23)20-38)29(27)19-32(40)41/h7-12,17-18,29H,3-6,13-16,19-20H2,1-2H3,(H,40,41). The molecule has 3 aromatic carbocycles. The third-order valence-electron chi connectivity index (χ3n) is 9.31. The van der Waals surface area contributed by atoms with E-state index in [0.29, 0.717) is 31.0 Å². The maximum absolute atomic E-state index is 13.8. The molecule has 0 radical (unpaired) electrons. The van der Waals surface area contributed by atoms with Crippen molar-refractivity contribution in [3.8, 4) is 5.75 Å². The summed E-state index contributed by atoms with van der Waals surface area (Å²) in [6, 6.07) is 16.0. The molecule has 1 atom stereocenters. The van der Waals surface area contributed by atoms with Crippen molar-refractivity contribution in [3.63, 3.8) is 0 Å². The van der Waals surface area contributed by atoms with Gasteiger partial charge in [0.15, 0.2) is 5.76 Å². The minimum atomic E-state index is -0.866. The Hall–Kier alpha value is -4.66. The molecule has 5 heterocycles. The summed E-state index contributed by atoms with van der Waals surface area (Å²) in [5.41, 5.74) is 8.24. The Kier molecular flexibility index (Phi) is 7.32. The third kappa shape index (κ3) is 5.10. The highest BCUT2D eigenvalue weighted by atomic mass is 16.5. The molecule has 5 aromatic rings. The maximum Gasteiger partial charge on any atom is 0.304 e. The highest BCUT2D eigenvalue weighted by Gasteiger charge is 2.29. The molecule has 8 rings (SSSR count). The molecule has 44 heavy (non-hydrogen) atoms. The molecule has 3 aliphatic heterocycles. The minimum Gasteiger partial charge on any atom is -0.493 e. The fourth-order valence-corrected chi connectivity index (χ4v) is 6.83. The summed E-state index contributed by atoms with van der Waals surface area (Å²) in [6.45, 7) is 6.32. The van der Waals surface area contributed by atoms with Crippen molar-refractivity contribution < 1.29 is 23.8 Å². The molecule has 0 fully saturated rings. The van der Waals surface area contributed by atoms with Crippen molar-refractivity contribution in [1.82, 2.24) is 19.9 Å². The van der Waals surface area contributed by atoms with Crippen LogP contribution < -0.4 is 4.74 Å². The maximum atomic E-state index is 13.8. The Morgan fingerprint density at radius 1 is 0.977 bits per heavy atom. The average molecular weight is 593 g/mol. The number of nitrogens with zero attached hydrogens (tertiary/aromatic N) is 4. The number of aryl methyl sites for hydroxylation is 3. The van der Waals surface area contributed by atoms with E-state index in [2.05, 4.69) is 22.4 Å². The van der Waals surface area contributed by atoms with Gasteiger partial charge in [0.1, 0.15) is 16.8 Å². The molecule has 226 valence electrons. The lowest BCUT2D eigenvalue weighted by molar-refractivity contribution is -0.137. The Bertz CT molecular complexity index is 1900. The lowest BCUT2D eigenvalue weighted by Crippen LogP contribution is -2.36. The van der Waals surface area contributed by atoms with Gasteiger partial charge in [-0.25, -0.2) is 4.68 Å². The average Bonchev–Trinajstić information content (AvgIpc) is 3.59. The molecule has 0 saturated heterocycles. The predicted molar refractivity (Wildman–Crippen MR) is 166 cm³/mol. The van der Waals surface area contributed by atoms with Gasteiger partial charge in [-0.05, 0) is 85.5 Å². The molecule has 9 heteroatoms. The number of carbonyl (C=O) groups is 2. The van der Waals surface area contributed by atoms with Crippen molar-refractivity contribution in [3.05, 3.63) is 87.7 Å². The normalized spacial score (nSPS) is 17.6. The van der Waals surface area contributed by atoms with Crippen LogP contribution in [0, 0.1) is 13.8 Å². The Morgan fingerprint density at radius 2 is 1.84 bits per heavy atom. The first-order valence-electron chi connectivity index (χ1n) is 15.5. The summed E-state index contributed by atoms with van der Waals surface area (Å²) < 4.78 is 14.1. The number of ether oxygens (including phenoxy) is 1. The van der Waals surface area contributed by atoms with Gasteiger partial charge in [0.25, 0.3) is 5.91 Å². The van der Waals surface area contributed by atoms with Crippen LogP contribution in [0.2, 0.25) is 0 Å². The molecule has 0 saturated carbocycles. The highest BCUT2D eigenvalue weighted by Crippen LogP contribution is 2.36. The summed E-state index contributed by atoms with van der Waals surface area (Å²) in [5, 5.41) is 19.8. The highest BCUT2D eigenvalue weighted by molar-refractivity contribution is 5.99. The quantitative estimate of drug-likeness (QED) is 0.247. The predicted octanol–water partition coefficient (Wildman–Crippen LogP) is 6.55. The van der Waals surface area contributed by atoms with E-state index in [-0.39, 0.29) is 18.2 Å². The number of amides is 1. The van der Waals surface area contributed by atoms with Crippen molar-refractivity contribution in [2.24, 2.45) is 0 Å². The summed E-state index contributed by atoms with van der Waals surface area (Å²) in [4.78, 5) is 27.7. The summed E-state index contributed by atoms with van der Waals surface area (Å²) >= 11 is 0. The molecule has 1 N–H and O–H groups in total. The van der Waals surface area contributed by atoms with E-state index in [1.54, 1.807) is 0 Å². The van der Waals surface area contributed by atoms with Crippen molar-refractivity contribution in [1.29, 1.82) is 0 Å². The second kappa shape index (κ2) is 11.4. The van der Waals surface area contributed by atoms with Crippen LogP contribution in [0.5, 0.6) is 5.75 Å². The van der Waals surface area contributed by atoms with E-state index < -0.39 is 5.97 Å². The summed E-state index contributed by atoms with van der Waals surface area (Å²) in [7, 11) is 0. The van der Waals surface area contributed by atoms with Gasteiger partial charge >= 0.3 is 5.97 Å². The van der Waals surface area contributed by atoms with E-state index in [1.165, 1.54) is 5.56 Å². The largest absolute Gasteiger partial charge is 0.493 e. The second-order valence-corrected chi connectivity index (χ2v) is 12.1. The summed E-state index contributed by atoms with van der Waals surface area (Å²) in [6.07, 6.45) is 4.65. The lowest BCUT2D eigenvalue weighted by Gasteiger charge is -2.29. The fourth-order valence-electron chi connectivity index (χ4n) is 6.83. The van der Waals surface area contributed by atoms with E-state index in [1.807, 2.05) is 59.8 Å². The monoisotopic (exact) mass is 592 g/mol. The van der Waals surface area contributed by atoms with Gasteiger partial charge in [0.05, 0.1) is 18.5 Å². The molecule has 1 unspecified atom stereocenters. The van der Waals surface area contributed by atoms with Gasteiger partial charge in [-0.2, -0.15) is 0 Å². The Balaban J connectivity index is 1.29. The fraction of sp³-hybridized carbons (Fsp3) is 0.371. The smallest absolute Gasteiger partial charge is 0.304 e. The Labute approximate surface area is 255 Å². The minimum absolute atomic E-state index is 0.0498. The first kappa shape index (κ1) is 28.1. The van der Waals surface area contributed by atoms with Crippen LogP contribution in [-0.2, 0) is 24.3 Å². The number of carboxylic acid groups (broad SMARTS) is 1. The number of carboxylic acids is 1. The van der Waals surface area contributed by atoms with Crippen LogP contribution in [0.4, 0.5) is 0 Å². The van der Waals surface area contributed by atoms with Gasteiger partial charge in [-0.1, -0.05) is 35.9 Å². The number of aliphatic carboxylic acids is 1. The van der Waals surface area contributed by atoms with Crippen LogP contribution in [0.25, 0.3) is 22.0 Å². The number of aromatic nitrogens is 3. The molecule has 9 nitrogen and oxygen atoms in total. The molecular weight excluding hydrogens is 556 g/mol. The molecule has 0 aliphatic carbocycles. The molecular formula is C35H36N4O5. The molecule has 0 spiro atoms. The van der Waals surface area contributed by atoms with E-state index in [0.717, 1.165) is 88.6 Å². The third-order valence-corrected chi connectivity index (χ3v) is 9.31. The second-order valence-electron chi connectivity index (χ2n) is 12.1. The number of carbonyl (C=O) groups excluding carboxylic acids is 1. The van der Waals surface area contributed by atoms with Crippen molar-refractivity contribution in [2.75, 3.05) is 13.2 Å². The van der Waals surface area contributed by atoms with Crippen molar-refractivity contribution >= 4 is 33.9 Å². The number of rotatable bonds is 2. The van der Waals surface area contributed by atoms with Crippen LogP contribution in [0.3, 0.4) is 0 Å². The van der Waals surface area contributed by atoms with E-state index in [9.17, 15) is 14.7 Å². The van der Waals surface area contributed by atoms with Gasteiger partial charge in [-0.3, -0.25) is 9.59 Å². The van der Waals surface area contributed by atoms with Gasteiger partial charge in [-0.15, -0.1) is 5.10 Å². The lowest BCUT2D eigenvalue weighted by atomic mass is 9.83. The van der Waals surface area contributed by atoms with Crippen LogP contribution in [-0.4, -0.2) is 50.0 Å². The number of hydrogen-bond donors (Lipinski definition) is 1. The molecule has 1 amide bonds. The van der Waals surface area contributed by atoms with Gasteiger partial charge in [0, 0.05) is 42.6 Å². The number of fused-ring (bicyclic) bond motifs is 7. The number of furan rings is 1. The van der Waals surface area contributed by atoms with E-state index in [4.69, 9.17) is 9.15 Å². The molecule has 10 bridgehead atoms. The summed E-state index contributed by atoms with van der Waals surface area (Å²) in [5.74, 6) is -0.281. The molecule has 3 aliphatic rings. The zero-order valence-corrected chi connectivity index (χ0v) is 25.1. The van der Waals surface area contributed by atoms with Gasteiger partial charge in [0.2, 0.25) is 0 Å². The number of benzene rings is 3. The first-order chi connectivity index (χ1) is 21.4. The van der Waals surface area contributed by atoms with Crippen molar-refractivity contribution in [2.45, 2.75) is 71.4 Å². The van der Waals surface area contributed by atoms with Crippen LogP contribution in [0.1, 0.15) is 82.0 Å². The molecule has 2 aromatic heterocycles. The number of hydrogen-bond acceptors (Lipinski definition) is 6. The topological polar surface area (TPSA) is 111 Å². The zero-order valence-electron chi connectivity index (χ0n) is 25.1. The SMILES string of the molecule is Cc1c2oc3cc(ccc13)OCCCCCCn1nnc3c(C)c(ccc31)C(CC(=O)O)c1ccc3c(c1)CN(CC3)C2=O.